The number of nitrogens with one attached hydrogen (secondary N) is 4. The summed E-state index contributed by atoms with van der Waals surface area (Å²) >= 11 is 0. The highest BCUT2D eigenvalue weighted by molar-refractivity contribution is 7.59. The van der Waals surface area contributed by atoms with Crippen molar-refractivity contribution in [3.8, 4) is 0 Å². The number of Topliss-reactive ketones (excluding diaryl/α,β-unsaturated/α-hetero) is 1. The van der Waals surface area contributed by atoms with Crippen LogP contribution in [0.25, 0.3) is 23.8 Å². The van der Waals surface area contributed by atoms with Crippen LogP contribution in [0.4, 0.5) is 12.6 Å². The molecule has 8 bridgehead atoms. The quantitative estimate of drug-likeness (QED) is 0.132. The van der Waals surface area contributed by atoms with Crippen LogP contribution in [0.15, 0.2) is 11.4 Å². The molecule has 13 heteroatoms. The SMILES string of the molecule is CCc1c(C)c2[nH]c1=Cc1[nH]c3c(c1C)C(=O)C(C)(C(=O)OC)C3=C1NC(=Cc3[nH]c(c(C[P+](F)(F)F)c3C)C=2)C(C)C1CCC(=O)OC. The molecule has 4 N–H and O–H groups in total. The van der Waals surface area contributed by atoms with Crippen LogP contribution in [-0.2, 0) is 31.6 Å². The number of fused-ring (bicyclic) bond motifs is 7. The Morgan fingerprint density at radius 1 is 0.898 bits per heavy atom. The Kier molecular flexibility index (Phi) is 8.62. The highest BCUT2D eigenvalue weighted by Gasteiger charge is 2.57. The molecule has 5 heterocycles. The summed E-state index contributed by atoms with van der Waals surface area (Å²) in [5.41, 5.74) is 5.63. The highest BCUT2D eigenvalue weighted by Crippen LogP contribution is 2.67. The normalized spacial score (nSPS) is 21.3. The van der Waals surface area contributed by atoms with Crippen LogP contribution < -0.4 is 16.0 Å². The van der Waals surface area contributed by atoms with Crippen molar-refractivity contribution in [2.24, 2.45) is 17.3 Å². The second kappa shape index (κ2) is 12.2. The molecular weight excluding hydrogens is 656 g/mol. The Balaban J connectivity index is 1.74. The minimum atomic E-state index is -5.70. The van der Waals surface area contributed by atoms with Crippen LogP contribution in [0.2, 0.25) is 0 Å². The molecule has 1 saturated heterocycles. The Morgan fingerprint density at radius 2 is 1.57 bits per heavy atom. The van der Waals surface area contributed by atoms with E-state index in [0.29, 0.717) is 74.6 Å². The number of carbonyl (C=O) groups excluding carboxylic acids is 3. The topological polar surface area (TPSA) is 129 Å². The lowest BCUT2D eigenvalue weighted by atomic mass is 9.77. The number of ether oxygens (including phenoxy) is 2. The fraction of sp³-hybridized carbons (Fsp3) is 0.417. The third kappa shape index (κ3) is 5.48. The molecule has 3 atom stereocenters. The van der Waals surface area contributed by atoms with Crippen molar-refractivity contribution in [1.82, 2.24) is 20.3 Å². The van der Waals surface area contributed by atoms with Crippen molar-refractivity contribution >= 4 is 49.7 Å². The molecule has 0 radical (unpaired) electrons. The molecule has 3 aromatic heterocycles. The summed E-state index contributed by atoms with van der Waals surface area (Å²) in [5.74, 6) is -2.19. The first-order valence-corrected chi connectivity index (χ1v) is 18.0. The molecule has 49 heavy (non-hydrogen) atoms. The highest BCUT2D eigenvalue weighted by atomic mass is 31.3. The van der Waals surface area contributed by atoms with Gasteiger partial charge in [0.05, 0.1) is 19.9 Å². The van der Waals surface area contributed by atoms with Gasteiger partial charge in [-0.2, -0.15) is 0 Å². The lowest BCUT2D eigenvalue weighted by molar-refractivity contribution is -0.146. The Morgan fingerprint density at radius 3 is 2.20 bits per heavy atom. The molecule has 3 unspecified atom stereocenters. The first-order chi connectivity index (χ1) is 23.0. The van der Waals surface area contributed by atoms with E-state index >= 15 is 0 Å². The molecule has 3 aliphatic rings. The molecule has 0 aromatic carbocycles. The predicted octanol–water partition coefficient (Wildman–Crippen LogP) is 6.24. The van der Waals surface area contributed by atoms with Gasteiger partial charge in [-0.05, 0) is 81.0 Å². The van der Waals surface area contributed by atoms with E-state index in [2.05, 4.69) is 20.3 Å². The molecule has 1 fully saturated rings. The van der Waals surface area contributed by atoms with Gasteiger partial charge in [0.2, 0.25) is 0 Å². The number of ketones is 1. The van der Waals surface area contributed by atoms with Gasteiger partial charge in [0.15, 0.2) is 17.4 Å². The lowest BCUT2D eigenvalue weighted by Gasteiger charge is -2.26. The largest absolute Gasteiger partial charge is 0.573 e. The summed E-state index contributed by atoms with van der Waals surface area (Å²) in [6.45, 7) is 11.0. The van der Waals surface area contributed by atoms with Gasteiger partial charge in [0.25, 0.3) is 0 Å². The molecule has 0 spiro atoms. The fourth-order valence-corrected chi connectivity index (χ4v) is 8.60. The smallest absolute Gasteiger partial charge is 0.469 e. The van der Waals surface area contributed by atoms with Gasteiger partial charge in [-0.25, -0.2) is 0 Å². The van der Waals surface area contributed by atoms with E-state index in [4.69, 9.17) is 9.47 Å². The molecule has 1 aliphatic carbocycles. The standard InChI is InChI=1S/C36H40F3N4O5P/c1-9-20-16(2)24-13-28-22(15-49(37,38)39)18(4)23(41-28)12-25-17(3)21(10-11-29(44)47-7)32(42-25)31-33-30(34(45)36(31,6)35(46)48-8)19(5)26(43-33)14-27(20)40-24/h12-14,17,21,40-41H,9-11,15H2,1-8H3,(H-,42,43,45)/p+1. The maximum absolute atomic E-state index is 14.4. The number of methoxy groups -OCH3 is 2. The summed E-state index contributed by atoms with van der Waals surface area (Å²) in [6.07, 6.45) is 5.51. The van der Waals surface area contributed by atoms with E-state index in [9.17, 15) is 27.0 Å². The van der Waals surface area contributed by atoms with Crippen molar-refractivity contribution in [1.29, 1.82) is 0 Å². The Bertz CT molecular complexity index is 2110. The fourth-order valence-electron chi connectivity index (χ4n) is 7.83. The van der Waals surface area contributed by atoms with Crippen LogP contribution in [0.3, 0.4) is 0 Å². The summed E-state index contributed by atoms with van der Waals surface area (Å²) in [4.78, 5) is 50.6. The zero-order valence-electron chi connectivity index (χ0n) is 28.8. The average molecular weight is 698 g/mol. The first-order valence-electron chi connectivity index (χ1n) is 16.3. The van der Waals surface area contributed by atoms with E-state index in [1.165, 1.54) is 14.2 Å². The summed E-state index contributed by atoms with van der Waals surface area (Å²) in [5, 5.41) is 4.93. The van der Waals surface area contributed by atoms with Crippen LogP contribution >= 0.6 is 8.19 Å². The van der Waals surface area contributed by atoms with Gasteiger partial charge < -0.3 is 29.7 Å². The molecule has 2 aliphatic heterocycles. The molecule has 0 amide bonds. The van der Waals surface area contributed by atoms with E-state index < -0.39 is 37.5 Å². The average Bonchev–Trinajstić information content (AvgIpc) is 3.76. The van der Waals surface area contributed by atoms with E-state index in [0.717, 1.165) is 16.5 Å². The number of aromatic nitrogens is 3. The van der Waals surface area contributed by atoms with Crippen molar-refractivity contribution in [2.75, 3.05) is 14.2 Å². The summed E-state index contributed by atoms with van der Waals surface area (Å²) in [7, 11) is -3.14. The van der Waals surface area contributed by atoms with Gasteiger partial charge in [-0.1, -0.05) is 13.8 Å². The minimum Gasteiger partial charge on any atom is -0.469 e. The summed E-state index contributed by atoms with van der Waals surface area (Å²) in [6, 6.07) is 0. The number of halogens is 3. The molecule has 9 nitrogen and oxygen atoms in total. The number of rotatable bonds is 7. The van der Waals surface area contributed by atoms with Gasteiger partial charge in [0.1, 0.15) is 0 Å². The van der Waals surface area contributed by atoms with Gasteiger partial charge >= 0.3 is 20.1 Å². The minimum absolute atomic E-state index is 0.0733. The number of esters is 2. The molecule has 3 aromatic rings. The van der Waals surface area contributed by atoms with Crippen LogP contribution in [0.5, 0.6) is 0 Å². The monoisotopic (exact) mass is 697 g/mol. The predicted molar refractivity (Wildman–Crippen MR) is 183 cm³/mol. The zero-order valence-corrected chi connectivity index (χ0v) is 29.7. The van der Waals surface area contributed by atoms with E-state index in [-0.39, 0.29) is 23.8 Å². The molecule has 0 saturated carbocycles. The third-order valence-corrected chi connectivity index (χ3v) is 11.4. The zero-order chi connectivity index (χ0) is 35.7. The van der Waals surface area contributed by atoms with Gasteiger partial charge in [0, 0.05) is 86.7 Å². The van der Waals surface area contributed by atoms with E-state index in [1.54, 1.807) is 26.0 Å². The maximum atomic E-state index is 14.4. The second-order valence-electron chi connectivity index (χ2n) is 13.3. The number of aromatic amines is 3. The number of H-pyrrole nitrogens is 3. The number of carbonyl (C=O) groups is 3. The van der Waals surface area contributed by atoms with Crippen LogP contribution in [0.1, 0.15) is 94.6 Å². The van der Waals surface area contributed by atoms with Gasteiger partial charge in [-0.3, -0.25) is 14.4 Å². The summed E-state index contributed by atoms with van der Waals surface area (Å²) < 4.78 is 52.4. The third-order valence-electron chi connectivity index (χ3n) is 10.7. The maximum Gasteiger partial charge on any atom is 0.573 e. The number of hydrogen-bond acceptors (Lipinski definition) is 6. The molecule has 6 rings (SSSR count). The molecule has 260 valence electrons. The van der Waals surface area contributed by atoms with Crippen molar-refractivity contribution < 1.29 is 36.4 Å². The number of hydrogen-bond donors (Lipinski definition) is 4. The first kappa shape index (κ1) is 34.5. The Labute approximate surface area is 282 Å². The van der Waals surface area contributed by atoms with Crippen molar-refractivity contribution in [3.05, 3.63) is 78.2 Å². The van der Waals surface area contributed by atoms with Crippen molar-refractivity contribution in [2.45, 2.75) is 67.0 Å². The lowest BCUT2D eigenvalue weighted by Crippen LogP contribution is -2.36. The van der Waals surface area contributed by atoms with Crippen molar-refractivity contribution in [3.63, 3.8) is 0 Å². The van der Waals surface area contributed by atoms with E-state index in [1.807, 2.05) is 33.8 Å². The van der Waals surface area contributed by atoms with Crippen LogP contribution in [-0.4, -0.2) is 46.9 Å². The second-order valence-corrected chi connectivity index (χ2v) is 14.8. The number of allylic oxidation sites excluding steroid dienone is 2. The van der Waals surface area contributed by atoms with Gasteiger partial charge in [-0.15, -0.1) is 0 Å². The van der Waals surface area contributed by atoms with Crippen LogP contribution in [0, 0.1) is 38.0 Å². The Hall–Kier alpha value is -4.31. The molecular formula is C36H41F3N4O5P+.